The highest BCUT2D eigenvalue weighted by Crippen LogP contribution is 2.26. The molecule has 2 aliphatic rings. The number of benzene rings is 1. The third-order valence-electron chi connectivity index (χ3n) is 6.92. The molecule has 1 aromatic carbocycles. The van der Waals surface area contributed by atoms with E-state index in [9.17, 15) is 13.6 Å². The molecule has 5 heterocycles. The summed E-state index contributed by atoms with van der Waals surface area (Å²) in [5, 5.41) is 1.46. The van der Waals surface area contributed by atoms with Crippen molar-refractivity contribution < 1.29 is 8.78 Å². The number of halogens is 2. The molecule has 6 rings (SSSR count). The molecule has 1 fully saturated rings. The van der Waals surface area contributed by atoms with Crippen LogP contribution in [0.2, 0.25) is 0 Å². The van der Waals surface area contributed by atoms with Crippen molar-refractivity contribution in [3.05, 3.63) is 76.1 Å². The van der Waals surface area contributed by atoms with Crippen LogP contribution in [0.1, 0.15) is 11.4 Å². The van der Waals surface area contributed by atoms with Crippen LogP contribution in [0, 0.1) is 11.6 Å². The fraction of sp³-hybridized carbons (Fsp3) is 0.333. The monoisotopic (exact) mass is 508 g/mol. The second-order valence-electron chi connectivity index (χ2n) is 9.11. The Morgan fingerprint density at radius 1 is 1.05 bits per heavy atom. The van der Waals surface area contributed by atoms with Gasteiger partial charge in [0.25, 0.3) is 0 Å². The lowest BCUT2D eigenvalue weighted by atomic mass is 10.1. The predicted molar refractivity (Wildman–Crippen MR) is 135 cm³/mol. The largest absolute Gasteiger partial charge is 0.367 e. The average Bonchev–Trinajstić information content (AvgIpc) is 3.40. The number of piperazine rings is 1. The molecule has 3 aromatic heterocycles. The van der Waals surface area contributed by atoms with Crippen LogP contribution in [-0.2, 0) is 13.6 Å². The number of hydrogen-bond donors (Lipinski definition) is 1. The molecular formula is C24H26F2N10O. The fourth-order valence-electron chi connectivity index (χ4n) is 4.98. The number of hydrazine groups is 1. The Hall–Kier alpha value is -4.10. The molecule has 0 radical (unpaired) electrons. The minimum atomic E-state index is -0.587. The first-order valence-corrected chi connectivity index (χ1v) is 12.0. The number of pyridine rings is 1. The molecule has 0 unspecified atom stereocenters. The molecule has 0 amide bonds. The van der Waals surface area contributed by atoms with E-state index in [1.165, 1.54) is 21.8 Å². The molecule has 0 aliphatic carbocycles. The molecule has 13 heteroatoms. The van der Waals surface area contributed by atoms with E-state index in [0.29, 0.717) is 73.7 Å². The number of rotatable bonds is 5. The Bertz CT molecular complexity index is 1550. The SMILES string of the molecule is Cn1c(=O)n(CCN2CCN(c3ccc(F)cc3F)CC2)c2nc3c(n21)C(c1ccccn1)=NCN3N. The van der Waals surface area contributed by atoms with Crippen molar-refractivity contribution in [2.45, 2.75) is 6.54 Å². The highest BCUT2D eigenvalue weighted by Gasteiger charge is 2.30. The first-order chi connectivity index (χ1) is 17.9. The van der Waals surface area contributed by atoms with Gasteiger partial charge in [-0.2, -0.15) is 4.98 Å². The van der Waals surface area contributed by atoms with Crippen molar-refractivity contribution in [2.75, 3.05) is 49.3 Å². The lowest BCUT2D eigenvalue weighted by Gasteiger charge is -2.36. The van der Waals surface area contributed by atoms with E-state index in [1.807, 2.05) is 23.1 Å². The summed E-state index contributed by atoms with van der Waals surface area (Å²) in [6.07, 6.45) is 1.69. The van der Waals surface area contributed by atoms with Crippen LogP contribution >= 0.6 is 0 Å². The minimum absolute atomic E-state index is 0.202. The number of aliphatic imine (C=N–C) groups is 1. The lowest BCUT2D eigenvalue weighted by molar-refractivity contribution is 0.247. The smallest absolute Gasteiger partial charge is 0.345 e. The summed E-state index contributed by atoms with van der Waals surface area (Å²) in [6.45, 7) is 3.84. The Labute approximate surface area is 210 Å². The van der Waals surface area contributed by atoms with E-state index in [1.54, 1.807) is 22.3 Å². The van der Waals surface area contributed by atoms with E-state index >= 15 is 0 Å². The van der Waals surface area contributed by atoms with Gasteiger partial charge in [-0.05, 0) is 24.3 Å². The summed E-state index contributed by atoms with van der Waals surface area (Å²) in [7, 11) is 1.69. The Kier molecular flexibility index (Phi) is 5.72. The van der Waals surface area contributed by atoms with Gasteiger partial charge in [-0.1, -0.05) is 6.07 Å². The Balaban J connectivity index is 1.23. The minimum Gasteiger partial charge on any atom is -0.367 e. The molecule has 4 aromatic rings. The number of imidazole rings is 1. The van der Waals surface area contributed by atoms with Crippen LogP contribution in [0.15, 0.2) is 52.4 Å². The predicted octanol–water partition coefficient (Wildman–Crippen LogP) is 0.819. The van der Waals surface area contributed by atoms with Gasteiger partial charge in [0, 0.05) is 58.6 Å². The second kappa shape index (κ2) is 9.09. The van der Waals surface area contributed by atoms with E-state index in [4.69, 9.17) is 10.8 Å². The second-order valence-corrected chi connectivity index (χ2v) is 9.11. The van der Waals surface area contributed by atoms with Crippen molar-refractivity contribution in [3.63, 3.8) is 0 Å². The molecule has 11 nitrogen and oxygen atoms in total. The Morgan fingerprint density at radius 3 is 2.59 bits per heavy atom. The number of fused-ring (bicyclic) bond motifs is 3. The summed E-state index contributed by atoms with van der Waals surface area (Å²) in [5.41, 5.74) is 2.13. The molecule has 37 heavy (non-hydrogen) atoms. The Morgan fingerprint density at radius 2 is 1.86 bits per heavy atom. The van der Waals surface area contributed by atoms with E-state index in [0.717, 1.165) is 6.07 Å². The van der Waals surface area contributed by atoms with E-state index < -0.39 is 11.6 Å². The number of nitrogens with zero attached hydrogens (tertiary/aromatic N) is 9. The van der Waals surface area contributed by atoms with Crippen molar-refractivity contribution in [1.82, 2.24) is 28.6 Å². The highest BCUT2D eigenvalue weighted by molar-refractivity contribution is 6.14. The van der Waals surface area contributed by atoms with Gasteiger partial charge in [0.2, 0.25) is 5.78 Å². The lowest BCUT2D eigenvalue weighted by Crippen LogP contribution is -2.47. The van der Waals surface area contributed by atoms with Gasteiger partial charge in [-0.3, -0.25) is 24.5 Å². The van der Waals surface area contributed by atoms with Crippen LogP contribution in [0.5, 0.6) is 0 Å². The van der Waals surface area contributed by atoms with Gasteiger partial charge in [0.1, 0.15) is 29.7 Å². The molecule has 1 saturated heterocycles. The van der Waals surface area contributed by atoms with E-state index in [-0.39, 0.29) is 12.4 Å². The number of aromatic nitrogens is 5. The van der Waals surface area contributed by atoms with Gasteiger partial charge in [-0.15, -0.1) is 0 Å². The third kappa shape index (κ3) is 3.96. The molecule has 2 N–H and O–H groups in total. The molecule has 0 spiro atoms. The maximum absolute atomic E-state index is 14.2. The topological polar surface area (TPSA) is 105 Å². The zero-order chi connectivity index (χ0) is 25.7. The van der Waals surface area contributed by atoms with Crippen LogP contribution < -0.4 is 21.4 Å². The highest BCUT2D eigenvalue weighted by atomic mass is 19.1. The van der Waals surface area contributed by atoms with Crippen LogP contribution in [0.25, 0.3) is 5.78 Å². The van der Waals surface area contributed by atoms with Crippen LogP contribution in [0.3, 0.4) is 0 Å². The van der Waals surface area contributed by atoms with Crippen molar-refractivity contribution in [3.8, 4) is 0 Å². The van der Waals surface area contributed by atoms with Crippen LogP contribution in [0.4, 0.5) is 20.3 Å². The fourth-order valence-corrected chi connectivity index (χ4v) is 4.98. The van der Waals surface area contributed by atoms with Gasteiger partial charge in [-0.25, -0.2) is 28.6 Å². The van der Waals surface area contributed by atoms with Gasteiger partial charge < -0.3 is 4.90 Å². The normalized spacial score (nSPS) is 16.4. The van der Waals surface area contributed by atoms with Gasteiger partial charge in [0.15, 0.2) is 5.82 Å². The van der Waals surface area contributed by atoms with Gasteiger partial charge >= 0.3 is 5.69 Å². The molecule has 0 bridgehead atoms. The summed E-state index contributed by atoms with van der Waals surface area (Å²) in [5.74, 6) is 6.06. The average molecular weight is 509 g/mol. The zero-order valence-electron chi connectivity index (χ0n) is 20.3. The molecule has 192 valence electrons. The summed E-state index contributed by atoms with van der Waals surface area (Å²) < 4.78 is 32.3. The number of nitrogens with two attached hydrogens (primary N) is 1. The maximum atomic E-state index is 14.2. The zero-order valence-corrected chi connectivity index (χ0v) is 20.3. The first-order valence-electron chi connectivity index (χ1n) is 12.0. The maximum Gasteiger partial charge on any atom is 0.345 e. The summed E-state index contributed by atoms with van der Waals surface area (Å²) in [6, 6.07) is 9.23. The molecule has 0 atom stereocenters. The standard InChI is InChI=1S/C24H26F2N10O/c1-31-24(37)34(13-10-32-8-11-33(12-9-32)19-6-5-16(25)14-17(19)26)23-30-22-21(36(23)31)20(29-15-35(22)27)18-4-2-3-7-28-18/h2-7,14H,8-13,15,27H2,1H3. The first kappa shape index (κ1) is 23.3. The van der Waals surface area contributed by atoms with Crippen molar-refractivity contribution >= 4 is 23.0 Å². The number of aryl methyl sites for hydroxylation is 1. The summed E-state index contributed by atoms with van der Waals surface area (Å²) in [4.78, 5) is 31.1. The number of hydrogen-bond acceptors (Lipinski definition) is 8. The molecular weight excluding hydrogens is 482 g/mol. The quantitative estimate of drug-likeness (QED) is 0.398. The molecule has 0 saturated carbocycles. The van der Waals surface area contributed by atoms with Crippen LogP contribution in [-0.4, -0.2) is 73.7 Å². The van der Waals surface area contributed by atoms with E-state index in [2.05, 4.69) is 14.9 Å². The number of anilines is 2. The third-order valence-corrected chi connectivity index (χ3v) is 6.92. The van der Waals surface area contributed by atoms with Crippen molar-refractivity contribution in [2.24, 2.45) is 17.9 Å². The molecule has 2 aliphatic heterocycles. The van der Waals surface area contributed by atoms with Crippen molar-refractivity contribution in [1.29, 1.82) is 0 Å². The van der Waals surface area contributed by atoms with Gasteiger partial charge in [0.05, 0.1) is 11.4 Å². The summed E-state index contributed by atoms with van der Waals surface area (Å²) >= 11 is 0.